The molecule has 28 heavy (non-hydrogen) atoms. The molecular formula is C20H23N4O4+. The number of furan rings is 1. The average molecular weight is 383 g/mol. The van der Waals surface area contributed by atoms with E-state index in [-0.39, 0.29) is 24.6 Å². The number of carbonyl (C=O) groups is 1. The Bertz CT molecular complexity index is 1010. The molecule has 3 aromatic rings. The van der Waals surface area contributed by atoms with Crippen molar-refractivity contribution in [1.29, 1.82) is 0 Å². The number of carbonyl (C=O) groups excluding carboxylic acids is 1. The Balaban J connectivity index is 1.60. The van der Waals surface area contributed by atoms with Crippen LogP contribution in [0.5, 0.6) is 0 Å². The van der Waals surface area contributed by atoms with Crippen LogP contribution in [0.1, 0.15) is 11.6 Å². The van der Waals surface area contributed by atoms with Crippen LogP contribution < -0.4 is 15.8 Å². The van der Waals surface area contributed by atoms with Crippen LogP contribution in [0.3, 0.4) is 0 Å². The van der Waals surface area contributed by atoms with Crippen molar-refractivity contribution in [3.63, 3.8) is 0 Å². The maximum absolute atomic E-state index is 13.0. The molecule has 1 saturated heterocycles. The molecule has 0 atom stereocenters. The third kappa shape index (κ3) is 4.13. The Hall–Kier alpha value is -2.97. The van der Waals surface area contributed by atoms with Crippen LogP contribution in [0.15, 0.2) is 51.9 Å². The third-order valence-corrected chi connectivity index (χ3v) is 4.89. The molecule has 0 bridgehead atoms. The van der Waals surface area contributed by atoms with Gasteiger partial charge in [0.05, 0.1) is 36.9 Å². The molecule has 0 aliphatic carbocycles. The van der Waals surface area contributed by atoms with Crippen LogP contribution >= 0.6 is 0 Å². The van der Waals surface area contributed by atoms with Gasteiger partial charge in [0.2, 0.25) is 5.91 Å². The highest BCUT2D eigenvalue weighted by Crippen LogP contribution is 2.08. The van der Waals surface area contributed by atoms with E-state index in [9.17, 15) is 9.59 Å². The molecule has 0 unspecified atom stereocenters. The van der Waals surface area contributed by atoms with Crippen molar-refractivity contribution in [1.82, 2.24) is 14.9 Å². The van der Waals surface area contributed by atoms with Gasteiger partial charge in [-0.05, 0) is 24.3 Å². The number of amides is 1. The molecule has 8 heteroatoms. The van der Waals surface area contributed by atoms with Gasteiger partial charge in [-0.1, -0.05) is 12.1 Å². The van der Waals surface area contributed by atoms with Crippen molar-refractivity contribution in [3.8, 4) is 0 Å². The third-order valence-electron chi connectivity index (χ3n) is 4.89. The van der Waals surface area contributed by atoms with Crippen molar-refractivity contribution >= 4 is 16.8 Å². The van der Waals surface area contributed by atoms with Crippen molar-refractivity contribution < 1.29 is 18.8 Å². The van der Waals surface area contributed by atoms with E-state index in [1.54, 1.807) is 30.5 Å². The van der Waals surface area contributed by atoms with Crippen LogP contribution in [0.4, 0.5) is 0 Å². The van der Waals surface area contributed by atoms with Gasteiger partial charge < -0.3 is 19.4 Å². The Morgan fingerprint density at radius 2 is 2.00 bits per heavy atom. The Kier molecular flexibility index (Phi) is 5.50. The maximum atomic E-state index is 13.0. The van der Waals surface area contributed by atoms with Crippen LogP contribution in [0.2, 0.25) is 0 Å². The number of para-hydroxylation sites is 1. The standard InChI is InChI=1S/C20H22N4O4/c25-19(21-12-15-4-3-9-28-15)14-24-18(13-23-7-10-27-11-8-23)22-17-6-2-1-5-16(17)20(24)26/h1-6,9H,7-8,10-14H2,(H,21,25)/p+1. The first-order valence-electron chi connectivity index (χ1n) is 9.39. The highest BCUT2D eigenvalue weighted by atomic mass is 16.5. The normalized spacial score (nSPS) is 15.0. The second-order valence-electron chi connectivity index (χ2n) is 6.83. The summed E-state index contributed by atoms with van der Waals surface area (Å²) >= 11 is 0. The minimum atomic E-state index is -0.256. The summed E-state index contributed by atoms with van der Waals surface area (Å²) in [6, 6.07) is 10.8. The van der Waals surface area contributed by atoms with Gasteiger partial charge >= 0.3 is 0 Å². The number of aromatic nitrogens is 2. The van der Waals surface area contributed by atoms with E-state index in [0.29, 0.717) is 42.2 Å². The highest BCUT2D eigenvalue weighted by Gasteiger charge is 2.20. The highest BCUT2D eigenvalue weighted by molar-refractivity contribution is 5.79. The van der Waals surface area contributed by atoms with Gasteiger partial charge in [-0.2, -0.15) is 0 Å². The topological polar surface area (TPSA) is 90.8 Å². The SMILES string of the molecule is O=C(Cn1c(C[NH+]2CCOCC2)nc2ccccc2c1=O)NCc1ccco1. The Morgan fingerprint density at radius 1 is 1.18 bits per heavy atom. The summed E-state index contributed by atoms with van der Waals surface area (Å²) in [6.45, 7) is 3.88. The number of benzene rings is 1. The molecule has 0 spiro atoms. The molecule has 146 valence electrons. The molecule has 3 heterocycles. The molecule has 0 radical (unpaired) electrons. The van der Waals surface area contributed by atoms with Crippen LogP contribution in [0, 0.1) is 0 Å². The fourth-order valence-electron chi connectivity index (χ4n) is 3.37. The van der Waals surface area contributed by atoms with Crippen LogP contribution in [-0.2, 0) is 29.2 Å². The summed E-state index contributed by atoms with van der Waals surface area (Å²) in [7, 11) is 0. The van der Waals surface area contributed by atoms with E-state index < -0.39 is 0 Å². The van der Waals surface area contributed by atoms with Gasteiger partial charge in [-0.15, -0.1) is 0 Å². The largest absolute Gasteiger partial charge is 0.467 e. The van der Waals surface area contributed by atoms with Crippen molar-refractivity contribution in [2.75, 3.05) is 26.3 Å². The number of nitrogens with zero attached hydrogens (tertiary/aromatic N) is 2. The minimum absolute atomic E-state index is 0.0729. The average Bonchev–Trinajstić information content (AvgIpc) is 3.24. The first-order chi connectivity index (χ1) is 13.7. The van der Waals surface area contributed by atoms with Gasteiger partial charge in [-0.3, -0.25) is 14.2 Å². The second-order valence-corrected chi connectivity index (χ2v) is 6.83. The van der Waals surface area contributed by atoms with E-state index in [1.807, 2.05) is 12.1 Å². The lowest BCUT2D eigenvalue weighted by molar-refractivity contribution is -0.922. The molecular weight excluding hydrogens is 360 g/mol. The quantitative estimate of drug-likeness (QED) is 0.611. The molecule has 1 aliphatic heterocycles. The van der Waals surface area contributed by atoms with Gasteiger partial charge in [0, 0.05) is 0 Å². The number of hydrogen-bond acceptors (Lipinski definition) is 5. The van der Waals surface area contributed by atoms with Gasteiger partial charge in [-0.25, -0.2) is 4.98 Å². The number of fused-ring (bicyclic) bond motifs is 1. The summed E-state index contributed by atoms with van der Waals surface area (Å²) in [6.07, 6.45) is 1.56. The van der Waals surface area contributed by atoms with E-state index in [1.165, 1.54) is 9.47 Å². The molecule has 1 aromatic carbocycles. The minimum Gasteiger partial charge on any atom is -0.467 e. The molecule has 4 rings (SSSR count). The number of ether oxygens (including phenoxy) is 1. The van der Waals surface area contributed by atoms with Gasteiger partial charge in [0.1, 0.15) is 31.9 Å². The fraction of sp³-hybridized carbons (Fsp3) is 0.350. The van der Waals surface area contributed by atoms with Crippen molar-refractivity contribution in [2.45, 2.75) is 19.6 Å². The second kappa shape index (κ2) is 8.37. The maximum Gasteiger partial charge on any atom is 0.262 e. The zero-order valence-corrected chi connectivity index (χ0v) is 15.5. The molecule has 1 fully saturated rings. The molecule has 1 aliphatic rings. The van der Waals surface area contributed by atoms with Crippen molar-refractivity contribution in [3.05, 3.63) is 64.6 Å². The molecule has 2 N–H and O–H groups in total. The van der Waals surface area contributed by atoms with E-state index in [4.69, 9.17) is 14.1 Å². The molecule has 1 amide bonds. The zero-order chi connectivity index (χ0) is 19.3. The molecule has 0 saturated carbocycles. The summed E-state index contributed by atoms with van der Waals surface area (Å²) in [4.78, 5) is 31.5. The zero-order valence-electron chi connectivity index (χ0n) is 15.5. The van der Waals surface area contributed by atoms with E-state index in [0.717, 1.165) is 13.1 Å². The predicted molar refractivity (Wildman–Crippen MR) is 102 cm³/mol. The summed E-state index contributed by atoms with van der Waals surface area (Å²) < 4.78 is 12.1. The van der Waals surface area contributed by atoms with Crippen molar-refractivity contribution in [2.24, 2.45) is 0 Å². The van der Waals surface area contributed by atoms with Crippen LogP contribution in [0.25, 0.3) is 10.9 Å². The Labute approximate surface area is 161 Å². The first-order valence-corrected chi connectivity index (χ1v) is 9.39. The van der Waals surface area contributed by atoms with Crippen LogP contribution in [-0.4, -0.2) is 41.8 Å². The molecule has 8 nitrogen and oxygen atoms in total. The summed E-state index contributed by atoms with van der Waals surface area (Å²) in [5.74, 6) is 1.03. The molecule has 2 aromatic heterocycles. The predicted octanol–water partition coefficient (Wildman–Crippen LogP) is -0.279. The fourth-order valence-corrected chi connectivity index (χ4v) is 3.37. The van der Waals surface area contributed by atoms with Gasteiger partial charge in [0.15, 0.2) is 5.82 Å². The number of nitrogens with one attached hydrogen (secondary N) is 2. The number of quaternary nitrogens is 1. The van der Waals surface area contributed by atoms with E-state index >= 15 is 0 Å². The lowest BCUT2D eigenvalue weighted by Gasteiger charge is -2.24. The number of rotatable bonds is 6. The van der Waals surface area contributed by atoms with Gasteiger partial charge in [0.25, 0.3) is 5.56 Å². The lowest BCUT2D eigenvalue weighted by atomic mass is 10.2. The summed E-state index contributed by atoms with van der Waals surface area (Å²) in [5.41, 5.74) is 0.462. The van der Waals surface area contributed by atoms with E-state index in [2.05, 4.69) is 5.32 Å². The number of hydrogen-bond donors (Lipinski definition) is 2. The first kappa shape index (κ1) is 18.4. The lowest BCUT2D eigenvalue weighted by Crippen LogP contribution is -3.13. The smallest absolute Gasteiger partial charge is 0.262 e. The monoisotopic (exact) mass is 383 g/mol. The summed E-state index contributed by atoms with van der Waals surface area (Å²) in [5, 5.41) is 3.31. The number of morpholine rings is 1. The Morgan fingerprint density at radius 3 is 2.79 bits per heavy atom.